The van der Waals surface area contributed by atoms with Crippen molar-refractivity contribution < 1.29 is 9.53 Å². The predicted molar refractivity (Wildman–Crippen MR) is 130 cm³/mol. The molecule has 0 aliphatic rings. The number of fused-ring (bicyclic) bond motifs is 1. The van der Waals surface area contributed by atoms with Crippen molar-refractivity contribution in [2.24, 2.45) is 0 Å². The van der Waals surface area contributed by atoms with Crippen molar-refractivity contribution in [2.45, 2.75) is 6.54 Å². The Labute approximate surface area is 194 Å². The molecule has 0 bridgehead atoms. The summed E-state index contributed by atoms with van der Waals surface area (Å²) in [7, 11) is 1.49. The largest absolute Gasteiger partial charge is 0.496 e. The van der Waals surface area contributed by atoms with Crippen LogP contribution in [0, 0.1) is 0 Å². The predicted octanol–water partition coefficient (Wildman–Crippen LogP) is 5.43. The SMILES string of the molecule is COc1ccc(Cl)cc1C(=O)NC(=S)NCc1ccc(-c2nc3ccccc3s2)cc1. The van der Waals surface area contributed by atoms with E-state index in [9.17, 15) is 4.79 Å². The van der Waals surface area contributed by atoms with E-state index >= 15 is 0 Å². The first-order valence-corrected chi connectivity index (χ1v) is 11.0. The van der Waals surface area contributed by atoms with Crippen LogP contribution in [0.4, 0.5) is 0 Å². The lowest BCUT2D eigenvalue weighted by atomic mass is 10.1. The number of amides is 1. The summed E-state index contributed by atoms with van der Waals surface area (Å²) in [4.78, 5) is 17.2. The second kappa shape index (κ2) is 9.43. The van der Waals surface area contributed by atoms with E-state index in [-0.39, 0.29) is 11.0 Å². The number of hydrogen-bond acceptors (Lipinski definition) is 5. The van der Waals surface area contributed by atoms with Gasteiger partial charge >= 0.3 is 0 Å². The number of para-hydroxylation sites is 1. The maximum absolute atomic E-state index is 12.5. The number of methoxy groups -OCH3 is 1. The molecule has 0 saturated heterocycles. The molecule has 156 valence electrons. The molecule has 0 aliphatic carbocycles. The number of hydrogen-bond donors (Lipinski definition) is 2. The Bertz CT molecular complexity index is 1220. The van der Waals surface area contributed by atoms with Gasteiger partial charge in [0, 0.05) is 17.1 Å². The van der Waals surface area contributed by atoms with Gasteiger partial charge in [-0.05, 0) is 48.1 Å². The zero-order chi connectivity index (χ0) is 21.8. The summed E-state index contributed by atoms with van der Waals surface area (Å²) in [5.74, 6) is 0.0400. The Morgan fingerprint density at radius 3 is 2.65 bits per heavy atom. The molecule has 31 heavy (non-hydrogen) atoms. The molecular weight excluding hydrogens is 450 g/mol. The van der Waals surface area contributed by atoms with Gasteiger partial charge in [-0.1, -0.05) is 48.0 Å². The molecule has 0 aliphatic heterocycles. The molecule has 0 unspecified atom stereocenters. The molecule has 1 amide bonds. The second-order valence-corrected chi connectivity index (χ2v) is 8.54. The van der Waals surface area contributed by atoms with Crippen molar-refractivity contribution >= 4 is 56.4 Å². The summed E-state index contributed by atoms with van der Waals surface area (Å²) in [6, 6.07) is 21.0. The number of carbonyl (C=O) groups is 1. The maximum atomic E-state index is 12.5. The quantitative estimate of drug-likeness (QED) is 0.383. The number of carbonyl (C=O) groups excluding carboxylic acids is 1. The highest BCUT2D eigenvalue weighted by Gasteiger charge is 2.14. The topological polar surface area (TPSA) is 63.2 Å². The number of halogens is 1. The first-order valence-electron chi connectivity index (χ1n) is 9.41. The highest BCUT2D eigenvalue weighted by molar-refractivity contribution is 7.80. The van der Waals surface area contributed by atoms with Crippen LogP contribution in [0.3, 0.4) is 0 Å². The molecule has 0 fully saturated rings. The van der Waals surface area contributed by atoms with Crippen LogP contribution < -0.4 is 15.4 Å². The standard InChI is InChI=1S/C23H18ClN3O2S2/c1-29-19-11-10-16(24)12-17(19)21(28)27-23(30)25-13-14-6-8-15(9-7-14)22-26-18-4-2-3-5-20(18)31-22/h2-12H,13H2,1H3,(H2,25,27,28,30). The lowest BCUT2D eigenvalue weighted by Crippen LogP contribution is -2.39. The number of aromatic nitrogens is 1. The van der Waals surface area contributed by atoms with Crippen molar-refractivity contribution in [3.05, 3.63) is 82.9 Å². The third-order valence-corrected chi connectivity index (χ3v) is 6.15. The van der Waals surface area contributed by atoms with Gasteiger partial charge in [0.1, 0.15) is 10.8 Å². The van der Waals surface area contributed by atoms with E-state index in [0.29, 0.717) is 22.9 Å². The first-order chi connectivity index (χ1) is 15.0. The number of thiazole rings is 1. The Morgan fingerprint density at radius 2 is 1.90 bits per heavy atom. The van der Waals surface area contributed by atoms with Crippen molar-refractivity contribution in [1.82, 2.24) is 15.6 Å². The van der Waals surface area contributed by atoms with Crippen molar-refractivity contribution in [2.75, 3.05) is 7.11 Å². The first kappa shape index (κ1) is 21.2. The van der Waals surface area contributed by atoms with E-state index in [1.807, 2.05) is 42.5 Å². The molecule has 1 aromatic heterocycles. The van der Waals surface area contributed by atoms with E-state index in [1.165, 1.54) is 11.8 Å². The van der Waals surface area contributed by atoms with Crippen LogP contribution in [0.15, 0.2) is 66.7 Å². The van der Waals surface area contributed by atoms with E-state index in [2.05, 4.69) is 21.7 Å². The Morgan fingerprint density at radius 1 is 1.13 bits per heavy atom. The molecular formula is C23H18ClN3O2S2. The number of nitrogens with zero attached hydrogens (tertiary/aromatic N) is 1. The molecule has 1 heterocycles. The van der Waals surface area contributed by atoms with Gasteiger partial charge in [-0.2, -0.15) is 0 Å². The normalized spacial score (nSPS) is 10.6. The average Bonchev–Trinajstić information content (AvgIpc) is 3.22. The minimum absolute atomic E-state index is 0.224. The summed E-state index contributed by atoms with van der Waals surface area (Å²) < 4.78 is 6.38. The molecule has 0 radical (unpaired) electrons. The minimum atomic E-state index is -0.386. The molecule has 4 rings (SSSR count). The molecule has 4 aromatic rings. The zero-order valence-electron chi connectivity index (χ0n) is 16.5. The number of rotatable bonds is 5. The van der Waals surface area contributed by atoms with E-state index in [4.69, 9.17) is 28.6 Å². The van der Waals surface area contributed by atoms with Gasteiger partial charge in [0.2, 0.25) is 0 Å². The van der Waals surface area contributed by atoms with Gasteiger partial charge in [-0.25, -0.2) is 4.98 Å². The highest BCUT2D eigenvalue weighted by Crippen LogP contribution is 2.30. The summed E-state index contributed by atoms with van der Waals surface area (Å²) >= 11 is 12.9. The van der Waals surface area contributed by atoms with Crippen molar-refractivity contribution in [3.63, 3.8) is 0 Å². The van der Waals surface area contributed by atoms with Crippen LogP contribution >= 0.6 is 35.2 Å². The average molecular weight is 468 g/mol. The van der Waals surface area contributed by atoms with Crippen molar-refractivity contribution in [1.29, 1.82) is 0 Å². The molecule has 8 heteroatoms. The molecule has 5 nitrogen and oxygen atoms in total. The second-order valence-electron chi connectivity index (χ2n) is 6.67. The highest BCUT2D eigenvalue weighted by atomic mass is 35.5. The fraction of sp³-hybridized carbons (Fsp3) is 0.0870. The summed E-state index contributed by atoms with van der Waals surface area (Å²) in [6.07, 6.45) is 0. The van der Waals surface area contributed by atoms with Gasteiger partial charge < -0.3 is 10.1 Å². The lowest BCUT2D eigenvalue weighted by molar-refractivity contribution is 0.0973. The molecule has 0 saturated carbocycles. The monoisotopic (exact) mass is 467 g/mol. The van der Waals surface area contributed by atoms with Crippen LogP contribution in [0.25, 0.3) is 20.8 Å². The Kier molecular flexibility index (Phi) is 6.46. The summed E-state index contributed by atoms with van der Waals surface area (Å²) in [6.45, 7) is 0.478. The molecule has 2 N–H and O–H groups in total. The van der Waals surface area contributed by atoms with Gasteiger partial charge in [-0.3, -0.25) is 10.1 Å². The fourth-order valence-corrected chi connectivity index (χ4v) is 4.32. The fourth-order valence-electron chi connectivity index (χ4n) is 3.02. The minimum Gasteiger partial charge on any atom is -0.496 e. The third-order valence-electron chi connectivity index (χ3n) is 4.58. The lowest BCUT2D eigenvalue weighted by Gasteiger charge is -2.12. The van der Waals surface area contributed by atoms with E-state index < -0.39 is 0 Å². The summed E-state index contributed by atoms with van der Waals surface area (Å²) in [5.41, 5.74) is 3.42. The number of ether oxygens (including phenoxy) is 1. The van der Waals surface area contributed by atoms with Gasteiger partial charge in [0.05, 0.1) is 22.9 Å². The molecule has 0 atom stereocenters. The summed E-state index contributed by atoms with van der Waals surface area (Å²) in [5, 5.41) is 7.35. The van der Waals surface area contributed by atoms with E-state index in [0.717, 1.165) is 21.7 Å². The Balaban J connectivity index is 1.36. The Hall–Kier alpha value is -3.00. The van der Waals surface area contributed by atoms with E-state index in [1.54, 1.807) is 29.5 Å². The van der Waals surface area contributed by atoms with Gasteiger partial charge in [0.15, 0.2) is 5.11 Å². The van der Waals surface area contributed by atoms with Crippen molar-refractivity contribution in [3.8, 4) is 16.3 Å². The van der Waals surface area contributed by atoms with Crippen LogP contribution in [0.2, 0.25) is 5.02 Å². The maximum Gasteiger partial charge on any atom is 0.261 e. The van der Waals surface area contributed by atoms with Gasteiger partial charge in [-0.15, -0.1) is 11.3 Å². The molecule has 3 aromatic carbocycles. The third kappa shape index (κ3) is 5.02. The zero-order valence-corrected chi connectivity index (χ0v) is 18.9. The smallest absolute Gasteiger partial charge is 0.261 e. The van der Waals surface area contributed by atoms with Crippen LogP contribution in [-0.2, 0) is 6.54 Å². The van der Waals surface area contributed by atoms with Crippen LogP contribution in [-0.4, -0.2) is 23.1 Å². The van der Waals surface area contributed by atoms with Gasteiger partial charge in [0.25, 0.3) is 5.91 Å². The van der Waals surface area contributed by atoms with Crippen LogP contribution in [0.5, 0.6) is 5.75 Å². The molecule has 0 spiro atoms. The number of nitrogens with one attached hydrogen (secondary N) is 2. The van der Waals surface area contributed by atoms with Crippen LogP contribution in [0.1, 0.15) is 15.9 Å². The number of thiocarbonyl (C=S) groups is 1. The number of benzene rings is 3.